The van der Waals surface area contributed by atoms with Crippen molar-refractivity contribution in [3.63, 3.8) is 0 Å². The van der Waals surface area contributed by atoms with E-state index in [1.54, 1.807) is 0 Å². The van der Waals surface area contributed by atoms with Gasteiger partial charge in [0.2, 0.25) is 0 Å². The van der Waals surface area contributed by atoms with Crippen molar-refractivity contribution in [3.05, 3.63) is 83.4 Å². The SMILES string of the molecule is CC1(C)C(c2cnn(-c3ccc(Cl)cc3)c2)=Nc2c1ccc1cnccc21. The first-order valence-electron chi connectivity index (χ1n) is 8.81. The van der Waals surface area contributed by atoms with E-state index in [-0.39, 0.29) is 5.41 Å². The summed E-state index contributed by atoms with van der Waals surface area (Å²) in [5.74, 6) is 0. The van der Waals surface area contributed by atoms with E-state index in [4.69, 9.17) is 16.6 Å². The largest absolute Gasteiger partial charge is 0.264 e. The molecule has 0 unspecified atom stereocenters. The number of pyridine rings is 1. The Morgan fingerprint density at radius 3 is 2.59 bits per heavy atom. The summed E-state index contributed by atoms with van der Waals surface area (Å²) in [6.07, 6.45) is 7.61. The fourth-order valence-electron chi connectivity index (χ4n) is 3.76. The highest BCUT2D eigenvalue weighted by Crippen LogP contribution is 2.45. The number of benzene rings is 2. The van der Waals surface area contributed by atoms with Gasteiger partial charge in [-0.15, -0.1) is 0 Å². The number of hydrogen-bond donors (Lipinski definition) is 0. The fraction of sp³-hybridized carbons (Fsp3) is 0.136. The molecule has 0 aliphatic carbocycles. The fourth-order valence-corrected chi connectivity index (χ4v) is 3.89. The van der Waals surface area contributed by atoms with Crippen LogP contribution in [0.2, 0.25) is 5.02 Å². The van der Waals surface area contributed by atoms with Crippen LogP contribution in [0, 0.1) is 0 Å². The maximum atomic E-state index is 5.99. The van der Waals surface area contributed by atoms with E-state index in [0.29, 0.717) is 5.02 Å². The van der Waals surface area contributed by atoms with Crippen molar-refractivity contribution >= 4 is 33.8 Å². The first kappa shape index (κ1) is 16.2. The normalized spacial score (nSPS) is 15.0. The molecular weight excluding hydrogens is 356 g/mol. The first-order chi connectivity index (χ1) is 13.0. The predicted molar refractivity (Wildman–Crippen MR) is 110 cm³/mol. The van der Waals surface area contributed by atoms with E-state index >= 15 is 0 Å². The Kier molecular flexibility index (Phi) is 3.46. The third-order valence-electron chi connectivity index (χ3n) is 5.23. The zero-order chi connectivity index (χ0) is 18.6. The number of hydrogen-bond acceptors (Lipinski definition) is 3. The number of aliphatic imine (C=N–C) groups is 1. The predicted octanol–water partition coefficient (Wildman–Crippen LogP) is 5.49. The van der Waals surface area contributed by atoms with Crippen LogP contribution in [-0.2, 0) is 5.41 Å². The zero-order valence-corrected chi connectivity index (χ0v) is 15.8. The minimum atomic E-state index is -0.194. The van der Waals surface area contributed by atoms with Crippen molar-refractivity contribution in [2.24, 2.45) is 4.99 Å². The zero-order valence-electron chi connectivity index (χ0n) is 15.0. The molecule has 5 heteroatoms. The molecule has 0 radical (unpaired) electrons. The van der Waals surface area contributed by atoms with Crippen LogP contribution in [0.3, 0.4) is 0 Å². The lowest BCUT2D eigenvalue weighted by Crippen LogP contribution is -2.26. The molecule has 0 saturated carbocycles. The molecule has 0 bridgehead atoms. The van der Waals surface area contributed by atoms with E-state index in [1.807, 2.05) is 59.8 Å². The Morgan fingerprint density at radius 1 is 0.963 bits per heavy atom. The van der Waals surface area contributed by atoms with Crippen molar-refractivity contribution in [2.75, 3.05) is 0 Å². The number of rotatable bonds is 2. The smallest absolute Gasteiger partial charge is 0.0754 e. The Balaban J connectivity index is 1.63. The molecule has 0 amide bonds. The van der Waals surface area contributed by atoms with Gasteiger partial charge in [0.1, 0.15) is 0 Å². The maximum Gasteiger partial charge on any atom is 0.0754 e. The lowest BCUT2D eigenvalue weighted by atomic mass is 9.79. The van der Waals surface area contributed by atoms with Crippen LogP contribution < -0.4 is 0 Å². The monoisotopic (exact) mass is 372 g/mol. The minimum absolute atomic E-state index is 0.194. The molecule has 4 aromatic rings. The van der Waals surface area contributed by atoms with Crippen LogP contribution in [0.25, 0.3) is 16.5 Å². The summed E-state index contributed by atoms with van der Waals surface area (Å²) in [5.41, 5.74) is 5.09. The molecule has 5 rings (SSSR count). The Morgan fingerprint density at radius 2 is 1.78 bits per heavy atom. The second kappa shape index (κ2) is 5.76. The standard InChI is InChI=1S/C22H17ClN4/c1-22(2)19-8-3-14-11-24-10-9-18(14)20(19)26-21(22)15-12-25-27(13-15)17-6-4-16(23)5-7-17/h3-13H,1-2H3. The summed E-state index contributed by atoms with van der Waals surface area (Å²) in [6, 6.07) is 14.0. The van der Waals surface area contributed by atoms with Crippen molar-refractivity contribution in [1.82, 2.24) is 14.8 Å². The molecule has 2 aromatic heterocycles. The van der Waals surface area contributed by atoms with Gasteiger partial charge in [0, 0.05) is 45.4 Å². The average molecular weight is 373 g/mol. The number of aromatic nitrogens is 3. The molecule has 0 spiro atoms. The van der Waals surface area contributed by atoms with Gasteiger partial charge in [-0.25, -0.2) is 4.68 Å². The summed E-state index contributed by atoms with van der Waals surface area (Å²) < 4.78 is 1.86. The summed E-state index contributed by atoms with van der Waals surface area (Å²) in [6.45, 7) is 4.43. The molecular formula is C22H17ClN4. The molecule has 132 valence electrons. The van der Waals surface area contributed by atoms with Crippen LogP contribution in [0.4, 0.5) is 5.69 Å². The van der Waals surface area contributed by atoms with Crippen molar-refractivity contribution in [3.8, 4) is 5.69 Å². The van der Waals surface area contributed by atoms with Crippen molar-refractivity contribution < 1.29 is 0 Å². The molecule has 2 aromatic carbocycles. The van der Waals surface area contributed by atoms with E-state index in [0.717, 1.165) is 33.4 Å². The Hall–Kier alpha value is -2.98. The summed E-state index contributed by atoms with van der Waals surface area (Å²) >= 11 is 5.99. The summed E-state index contributed by atoms with van der Waals surface area (Å²) in [7, 11) is 0. The Labute approximate surface area is 162 Å². The summed E-state index contributed by atoms with van der Waals surface area (Å²) in [4.78, 5) is 9.26. The number of nitrogens with zero attached hydrogens (tertiary/aromatic N) is 4. The molecule has 4 nitrogen and oxygen atoms in total. The molecule has 0 fully saturated rings. The van der Waals surface area contributed by atoms with Crippen LogP contribution in [0.5, 0.6) is 0 Å². The molecule has 0 atom stereocenters. The van der Waals surface area contributed by atoms with Gasteiger partial charge in [-0.05, 0) is 35.9 Å². The van der Waals surface area contributed by atoms with E-state index < -0.39 is 0 Å². The molecule has 0 N–H and O–H groups in total. The van der Waals surface area contributed by atoms with Gasteiger partial charge in [0.15, 0.2) is 0 Å². The van der Waals surface area contributed by atoms with Crippen molar-refractivity contribution in [1.29, 1.82) is 0 Å². The first-order valence-corrected chi connectivity index (χ1v) is 9.19. The Bertz CT molecular complexity index is 1200. The topological polar surface area (TPSA) is 43.1 Å². The lowest BCUT2D eigenvalue weighted by Gasteiger charge is -2.21. The van der Waals surface area contributed by atoms with Crippen LogP contribution in [-0.4, -0.2) is 20.5 Å². The van der Waals surface area contributed by atoms with Crippen LogP contribution in [0.1, 0.15) is 25.0 Å². The quantitative estimate of drug-likeness (QED) is 0.467. The van der Waals surface area contributed by atoms with Crippen molar-refractivity contribution in [2.45, 2.75) is 19.3 Å². The molecule has 1 aliphatic heterocycles. The van der Waals surface area contributed by atoms with E-state index in [9.17, 15) is 0 Å². The van der Waals surface area contributed by atoms with Gasteiger partial charge in [0.05, 0.1) is 23.3 Å². The molecule has 0 saturated heterocycles. The highest BCUT2D eigenvalue weighted by atomic mass is 35.5. The van der Waals surface area contributed by atoms with E-state index in [2.05, 4.69) is 36.1 Å². The second-order valence-electron chi connectivity index (χ2n) is 7.29. The third-order valence-corrected chi connectivity index (χ3v) is 5.48. The van der Waals surface area contributed by atoms with Gasteiger partial charge in [0.25, 0.3) is 0 Å². The van der Waals surface area contributed by atoms with Gasteiger partial charge in [-0.1, -0.05) is 37.6 Å². The second-order valence-corrected chi connectivity index (χ2v) is 7.73. The highest BCUT2D eigenvalue weighted by molar-refractivity contribution is 6.30. The number of halogens is 1. The average Bonchev–Trinajstić information content (AvgIpc) is 3.25. The molecule has 1 aliphatic rings. The van der Waals surface area contributed by atoms with Gasteiger partial charge >= 0.3 is 0 Å². The van der Waals surface area contributed by atoms with Gasteiger partial charge in [-0.3, -0.25) is 9.98 Å². The van der Waals surface area contributed by atoms with E-state index in [1.165, 1.54) is 5.56 Å². The molecule has 3 heterocycles. The highest BCUT2D eigenvalue weighted by Gasteiger charge is 2.37. The summed E-state index contributed by atoms with van der Waals surface area (Å²) in [5, 5.41) is 7.49. The molecule has 27 heavy (non-hydrogen) atoms. The van der Waals surface area contributed by atoms with Gasteiger partial charge in [-0.2, -0.15) is 5.10 Å². The van der Waals surface area contributed by atoms with Crippen LogP contribution in [0.15, 0.2) is 72.2 Å². The lowest BCUT2D eigenvalue weighted by molar-refractivity contribution is 0.738. The van der Waals surface area contributed by atoms with Crippen LogP contribution >= 0.6 is 11.6 Å². The maximum absolute atomic E-state index is 5.99. The third kappa shape index (κ3) is 2.48. The number of fused-ring (bicyclic) bond motifs is 3. The van der Waals surface area contributed by atoms with Gasteiger partial charge < -0.3 is 0 Å². The minimum Gasteiger partial charge on any atom is -0.264 e.